The van der Waals surface area contributed by atoms with Gasteiger partial charge in [0.2, 0.25) is 0 Å². The fourth-order valence-corrected chi connectivity index (χ4v) is 2.45. The van der Waals surface area contributed by atoms with E-state index in [-0.39, 0.29) is 0 Å². The van der Waals surface area contributed by atoms with Crippen LogP contribution >= 0.6 is 11.6 Å². The molecule has 0 N–H and O–H groups in total. The first-order valence-corrected chi connectivity index (χ1v) is 6.24. The van der Waals surface area contributed by atoms with Gasteiger partial charge >= 0.3 is 0 Å². The van der Waals surface area contributed by atoms with Gasteiger partial charge in [-0.25, -0.2) is 0 Å². The molecule has 0 aliphatic carbocycles. The number of hydrogen-bond acceptors (Lipinski definition) is 1. The Morgan fingerprint density at radius 3 is 2.40 bits per heavy atom. The van der Waals surface area contributed by atoms with Crippen molar-refractivity contribution in [1.29, 1.82) is 0 Å². The molecule has 0 atom stereocenters. The van der Waals surface area contributed by atoms with E-state index in [9.17, 15) is 0 Å². The second kappa shape index (κ2) is 5.53. The van der Waals surface area contributed by atoms with Gasteiger partial charge in [0, 0.05) is 12.4 Å². The topological polar surface area (TPSA) is 3.24 Å². The first-order valence-electron chi connectivity index (χ1n) is 5.70. The minimum atomic E-state index is 0.749. The first-order chi connectivity index (χ1) is 7.38. The molecular weight excluding hydrogens is 206 g/mol. The highest BCUT2D eigenvalue weighted by atomic mass is 35.5. The molecule has 0 amide bonds. The molecule has 0 aromatic heterocycles. The normalized spacial score (nSPS) is 19.3. The van der Waals surface area contributed by atoms with Crippen molar-refractivity contribution in [1.82, 2.24) is 4.90 Å². The molecule has 1 aromatic carbocycles. The average molecular weight is 224 g/mol. The van der Waals surface area contributed by atoms with Crippen LogP contribution in [0.15, 0.2) is 30.3 Å². The van der Waals surface area contributed by atoms with Crippen LogP contribution < -0.4 is 0 Å². The summed E-state index contributed by atoms with van der Waals surface area (Å²) in [5.41, 5.74) is 1.42. The van der Waals surface area contributed by atoms with Crippen LogP contribution in [0.1, 0.15) is 18.4 Å². The summed E-state index contributed by atoms with van der Waals surface area (Å²) in [5, 5.41) is 0. The summed E-state index contributed by atoms with van der Waals surface area (Å²) in [6.07, 6.45) is 2.52. The summed E-state index contributed by atoms with van der Waals surface area (Å²) in [6.45, 7) is 3.49. The number of rotatable bonds is 3. The zero-order chi connectivity index (χ0) is 10.5. The lowest BCUT2D eigenvalue weighted by Gasteiger charge is -2.30. The molecule has 0 unspecified atom stereocenters. The maximum atomic E-state index is 5.87. The first kappa shape index (κ1) is 11.0. The van der Waals surface area contributed by atoms with Gasteiger partial charge in [0.1, 0.15) is 0 Å². The molecule has 1 aromatic rings. The molecule has 15 heavy (non-hydrogen) atoms. The lowest BCUT2D eigenvalue weighted by molar-refractivity contribution is 0.186. The van der Waals surface area contributed by atoms with Gasteiger partial charge in [0.25, 0.3) is 0 Å². The van der Waals surface area contributed by atoms with E-state index < -0.39 is 0 Å². The molecule has 1 saturated heterocycles. The second-order valence-electron chi connectivity index (χ2n) is 4.36. The number of hydrogen-bond donors (Lipinski definition) is 0. The van der Waals surface area contributed by atoms with Crippen LogP contribution in [0.4, 0.5) is 0 Å². The van der Waals surface area contributed by atoms with Crippen molar-refractivity contribution in [3.05, 3.63) is 35.9 Å². The smallest absolute Gasteiger partial charge is 0.0252 e. The minimum Gasteiger partial charge on any atom is -0.299 e. The number of likely N-dealkylation sites (tertiary alicyclic amines) is 1. The number of benzene rings is 1. The summed E-state index contributed by atoms with van der Waals surface area (Å²) in [5.74, 6) is 1.58. The second-order valence-corrected chi connectivity index (χ2v) is 4.67. The lowest BCUT2D eigenvalue weighted by Crippen LogP contribution is -2.33. The van der Waals surface area contributed by atoms with E-state index >= 15 is 0 Å². The van der Waals surface area contributed by atoms with E-state index in [0.29, 0.717) is 0 Å². The van der Waals surface area contributed by atoms with Crippen LogP contribution in [-0.4, -0.2) is 23.9 Å². The summed E-state index contributed by atoms with van der Waals surface area (Å²) in [7, 11) is 0. The molecule has 1 aliphatic heterocycles. The van der Waals surface area contributed by atoms with Gasteiger partial charge in [-0.2, -0.15) is 0 Å². The zero-order valence-electron chi connectivity index (χ0n) is 9.03. The number of nitrogens with zero attached hydrogens (tertiary/aromatic N) is 1. The molecule has 2 heteroatoms. The fourth-order valence-electron chi connectivity index (χ4n) is 2.14. The standard InChI is InChI=1S/C13H18ClN/c14-10-12-6-8-15(9-7-12)11-13-4-2-1-3-5-13/h1-5,12H,6-11H2. The van der Waals surface area contributed by atoms with Crippen molar-refractivity contribution in [2.24, 2.45) is 5.92 Å². The third kappa shape index (κ3) is 3.22. The van der Waals surface area contributed by atoms with E-state index in [2.05, 4.69) is 35.2 Å². The highest BCUT2D eigenvalue weighted by Gasteiger charge is 2.17. The van der Waals surface area contributed by atoms with E-state index in [4.69, 9.17) is 11.6 Å². The van der Waals surface area contributed by atoms with Crippen molar-refractivity contribution < 1.29 is 0 Å². The number of piperidine rings is 1. The molecule has 0 bridgehead atoms. The van der Waals surface area contributed by atoms with Gasteiger partial charge < -0.3 is 0 Å². The van der Waals surface area contributed by atoms with Crippen molar-refractivity contribution in [2.75, 3.05) is 19.0 Å². The van der Waals surface area contributed by atoms with Gasteiger partial charge in [-0.1, -0.05) is 30.3 Å². The molecule has 1 fully saturated rings. The predicted octanol–water partition coefficient (Wildman–Crippen LogP) is 3.14. The molecule has 0 spiro atoms. The molecule has 0 radical (unpaired) electrons. The van der Waals surface area contributed by atoms with Crippen LogP contribution in [0.3, 0.4) is 0 Å². The predicted molar refractivity (Wildman–Crippen MR) is 65.2 cm³/mol. The molecule has 2 rings (SSSR count). The summed E-state index contributed by atoms with van der Waals surface area (Å²) in [4.78, 5) is 2.53. The maximum Gasteiger partial charge on any atom is 0.0252 e. The van der Waals surface area contributed by atoms with Crippen LogP contribution in [0.2, 0.25) is 0 Å². The van der Waals surface area contributed by atoms with Gasteiger partial charge in [-0.15, -0.1) is 11.6 Å². The average Bonchev–Trinajstić information content (AvgIpc) is 2.31. The SMILES string of the molecule is ClCC1CCN(Cc2ccccc2)CC1. The van der Waals surface area contributed by atoms with Crippen molar-refractivity contribution >= 4 is 11.6 Å². The number of alkyl halides is 1. The minimum absolute atomic E-state index is 0.749. The van der Waals surface area contributed by atoms with Crippen molar-refractivity contribution in [3.63, 3.8) is 0 Å². The quantitative estimate of drug-likeness (QED) is 0.712. The highest BCUT2D eigenvalue weighted by Crippen LogP contribution is 2.19. The Kier molecular flexibility index (Phi) is 4.04. The van der Waals surface area contributed by atoms with Crippen molar-refractivity contribution in [3.8, 4) is 0 Å². The molecular formula is C13H18ClN. The maximum absolute atomic E-state index is 5.87. The van der Waals surface area contributed by atoms with Crippen LogP contribution in [-0.2, 0) is 6.54 Å². The largest absolute Gasteiger partial charge is 0.299 e. The Bertz CT molecular complexity index is 278. The van der Waals surface area contributed by atoms with E-state index in [1.807, 2.05) is 0 Å². The fraction of sp³-hybridized carbons (Fsp3) is 0.538. The monoisotopic (exact) mass is 223 g/mol. The third-order valence-corrected chi connectivity index (χ3v) is 3.61. The Morgan fingerprint density at radius 2 is 1.80 bits per heavy atom. The Hall–Kier alpha value is -0.530. The van der Waals surface area contributed by atoms with Gasteiger partial charge in [0.15, 0.2) is 0 Å². The summed E-state index contributed by atoms with van der Waals surface area (Å²) < 4.78 is 0. The van der Waals surface area contributed by atoms with Gasteiger partial charge in [0.05, 0.1) is 0 Å². The Balaban J connectivity index is 1.82. The van der Waals surface area contributed by atoms with Crippen molar-refractivity contribution in [2.45, 2.75) is 19.4 Å². The zero-order valence-corrected chi connectivity index (χ0v) is 9.79. The van der Waals surface area contributed by atoms with E-state index in [1.165, 1.54) is 31.5 Å². The summed E-state index contributed by atoms with van der Waals surface area (Å²) in [6, 6.07) is 10.7. The molecule has 1 aliphatic rings. The number of halogens is 1. The Labute approximate surface area is 97.0 Å². The highest BCUT2D eigenvalue weighted by molar-refractivity contribution is 6.18. The van der Waals surface area contributed by atoms with Gasteiger partial charge in [-0.05, 0) is 37.4 Å². The van der Waals surface area contributed by atoms with Crippen LogP contribution in [0.5, 0.6) is 0 Å². The van der Waals surface area contributed by atoms with Gasteiger partial charge in [-0.3, -0.25) is 4.90 Å². The molecule has 1 nitrogen and oxygen atoms in total. The van der Waals surface area contributed by atoms with E-state index in [1.54, 1.807) is 0 Å². The third-order valence-electron chi connectivity index (χ3n) is 3.17. The van der Waals surface area contributed by atoms with Crippen LogP contribution in [0.25, 0.3) is 0 Å². The molecule has 82 valence electrons. The molecule has 0 saturated carbocycles. The van der Waals surface area contributed by atoms with E-state index in [0.717, 1.165) is 18.3 Å². The van der Waals surface area contributed by atoms with Crippen LogP contribution in [0, 0.1) is 5.92 Å². The lowest BCUT2D eigenvalue weighted by atomic mass is 9.98. The Morgan fingerprint density at radius 1 is 1.13 bits per heavy atom. The summed E-state index contributed by atoms with van der Waals surface area (Å²) >= 11 is 5.87. The molecule has 1 heterocycles.